The molecule has 22 heavy (non-hydrogen) atoms. The Morgan fingerprint density at radius 3 is 3.00 bits per heavy atom. The summed E-state index contributed by atoms with van der Waals surface area (Å²) in [4.78, 5) is 4.23. The lowest BCUT2D eigenvalue weighted by molar-refractivity contribution is 0.0292. The van der Waals surface area contributed by atoms with Gasteiger partial charge in [-0.05, 0) is 36.2 Å². The molecule has 0 amide bonds. The summed E-state index contributed by atoms with van der Waals surface area (Å²) in [5.41, 5.74) is 2.04. The number of benzene rings is 1. The SMILES string of the molecule is Clc1cc(C[C@@H]2CNCCO2)ccc1OCc1ccccn1. The average Bonchev–Trinajstić information content (AvgIpc) is 2.56. The molecule has 1 N–H and O–H groups in total. The Morgan fingerprint density at radius 2 is 2.27 bits per heavy atom. The van der Waals surface area contributed by atoms with Gasteiger partial charge in [0, 0.05) is 19.3 Å². The van der Waals surface area contributed by atoms with E-state index in [9.17, 15) is 0 Å². The quantitative estimate of drug-likeness (QED) is 0.920. The Balaban J connectivity index is 1.59. The summed E-state index contributed by atoms with van der Waals surface area (Å²) in [6, 6.07) is 11.7. The van der Waals surface area contributed by atoms with Gasteiger partial charge in [-0.3, -0.25) is 4.98 Å². The van der Waals surface area contributed by atoms with Gasteiger partial charge in [0.2, 0.25) is 0 Å². The fraction of sp³-hybridized carbons (Fsp3) is 0.353. The van der Waals surface area contributed by atoms with E-state index in [0.29, 0.717) is 17.4 Å². The Bertz CT molecular complexity index is 601. The molecule has 1 fully saturated rings. The molecular formula is C17H19ClN2O2. The van der Waals surface area contributed by atoms with Crippen LogP contribution in [0.5, 0.6) is 5.75 Å². The highest BCUT2D eigenvalue weighted by molar-refractivity contribution is 6.32. The highest BCUT2D eigenvalue weighted by Crippen LogP contribution is 2.27. The molecule has 0 spiro atoms. The molecule has 3 rings (SSSR count). The van der Waals surface area contributed by atoms with Gasteiger partial charge >= 0.3 is 0 Å². The van der Waals surface area contributed by atoms with E-state index >= 15 is 0 Å². The van der Waals surface area contributed by atoms with Gasteiger partial charge in [-0.25, -0.2) is 0 Å². The zero-order valence-electron chi connectivity index (χ0n) is 12.3. The lowest BCUT2D eigenvalue weighted by Gasteiger charge is -2.23. The Labute approximate surface area is 135 Å². The molecule has 0 radical (unpaired) electrons. The normalized spacial score (nSPS) is 18.1. The van der Waals surface area contributed by atoms with Crippen molar-refractivity contribution in [2.45, 2.75) is 19.1 Å². The number of hydrogen-bond donors (Lipinski definition) is 1. The molecule has 4 nitrogen and oxygen atoms in total. The zero-order valence-corrected chi connectivity index (χ0v) is 13.1. The maximum atomic E-state index is 6.31. The Morgan fingerprint density at radius 1 is 1.32 bits per heavy atom. The standard InChI is InChI=1S/C17H19ClN2O2/c18-16-10-13(9-15-11-19-7-8-21-15)4-5-17(16)22-12-14-3-1-2-6-20-14/h1-6,10,15,19H,7-9,11-12H2/t15-/m1/s1. The highest BCUT2D eigenvalue weighted by Gasteiger charge is 2.14. The lowest BCUT2D eigenvalue weighted by atomic mass is 10.1. The number of nitrogens with one attached hydrogen (secondary N) is 1. The molecule has 116 valence electrons. The maximum absolute atomic E-state index is 6.31. The van der Waals surface area contributed by atoms with Crippen LogP contribution in [0, 0.1) is 0 Å². The molecule has 0 aliphatic carbocycles. The molecule has 5 heteroatoms. The van der Waals surface area contributed by atoms with E-state index in [0.717, 1.165) is 37.4 Å². The van der Waals surface area contributed by atoms with Gasteiger partial charge < -0.3 is 14.8 Å². The fourth-order valence-electron chi connectivity index (χ4n) is 2.44. The Kier molecular flexibility index (Phi) is 5.27. The number of morpholine rings is 1. The fourth-order valence-corrected chi connectivity index (χ4v) is 2.69. The molecule has 1 atom stereocenters. The first-order valence-electron chi connectivity index (χ1n) is 7.45. The molecule has 1 aromatic heterocycles. The number of pyridine rings is 1. The summed E-state index contributed by atoms with van der Waals surface area (Å²) in [5, 5.41) is 3.95. The summed E-state index contributed by atoms with van der Waals surface area (Å²) in [6.45, 7) is 2.99. The third-order valence-corrected chi connectivity index (χ3v) is 3.86. The molecule has 0 saturated carbocycles. The van der Waals surface area contributed by atoms with Crippen LogP contribution >= 0.6 is 11.6 Å². The number of hydrogen-bond acceptors (Lipinski definition) is 4. The largest absolute Gasteiger partial charge is 0.486 e. The number of rotatable bonds is 5. The van der Waals surface area contributed by atoms with Gasteiger partial charge in [-0.15, -0.1) is 0 Å². The van der Waals surface area contributed by atoms with Gasteiger partial charge in [-0.2, -0.15) is 0 Å². The summed E-state index contributed by atoms with van der Waals surface area (Å²) in [5.74, 6) is 0.679. The van der Waals surface area contributed by atoms with Gasteiger partial charge in [-0.1, -0.05) is 23.7 Å². The van der Waals surface area contributed by atoms with E-state index in [1.807, 2.05) is 36.4 Å². The van der Waals surface area contributed by atoms with E-state index in [1.54, 1.807) is 6.20 Å². The summed E-state index contributed by atoms with van der Waals surface area (Å²) in [6.07, 6.45) is 2.82. The number of ether oxygens (including phenoxy) is 2. The minimum Gasteiger partial charge on any atom is -0.486 e. The lowest BCUT2D eigenvalue weighted by Crippen LogP contribution is -2.39. The highest BCUT2D eigenvalue weighted by atomic mass is 35.5. The van der Waals surface area contributed by atoms with E-state index in [-0.39, 0.29) is 6.10 Å². The van der Waals surface area contributed by atoms with Crippen molar-refractivity contribution < 1.29 is 9.47 Å². The first-order chi connectivity index (χ1) is 10.8. The minimum atomic E-state index is 0.213. The monoisotopic (exact) mass is 318 g/mol. The first kappa shape index (κ1) is 15.3. The molecule has 1 aromatic carbocycles. The van der Waals surface area contributed by atoms with Crippen LogP contribution in [0.3, 0.4) is 0 Å². The second-order valence-corrected chi connectivity index (χ2v) is 5.68. The van der Waals surface area contributed by atoms with E-state index in [4.69, 9.17) is 21.1 Å². The molecule has 2 aromatic rings. The number of halogens is 1. The van der Waals surface area contributed by atoms with Crippen molar-refractivity contribution in [3.05, 3.63) is 58.9 Å². The van der Waals surface area contributed by atoms with Gasteiger partial charge in [0.15, 0.2) is 0 Å². The average molecular weight is 319 g/mol. The van der Waals surface area contributed by atoms with Crippen molar-refractivity contribution in [2.24, 2.45) is 0 Å². The first-order valence-corrected chi connectivity index (χ1v) is 7.82. The molecule has 0 unspecified atom stereocenters. The topological polar surface area (TPSA) is 43.4 Å². The van der Waals surface area contributed by atoms with Crippen LogP contribution in [0.1, 0.15) is 11.3 Å². The second-order valence-electron chi connectivity index (χ2n) is 5.28. The molecule has 2 heterocycles. The maximum Gasteiger partial charge on any atom is 0.138 e. The van der Waals surface area contributed by atoms with Crippen molar-refractivity contribution >= 4 is 11.6 Å². The third-order valence-electron chi connectivity index (χ3n) is 3.57. The van der Waals surface area contributed by atoms with Crippen LogP contribution in [0.15, 0.2) is 42.6 Å². The van der Waals surface area contributed by atoms with Crippen molar-refractivity contribution in [2.75, 3.05) is 19.7 Å². The summed E-state index contributed by atoms with van der Waals surface area (Å²) in [7, 11) is 0. The van der Waals surface area contributed by atoms with Crippen molar-refractivity contribution in [3.63, 3.8) is 0 Å². The smallest absolute Gasteiger partial charge is 0.138 e. The van der Waals surface area contributed by atoms with Crippen LogP contribution in [0.4, 0.5) is 0 Å². The van der Waals surface area contributed by atoms with E-state index in [2.05, 4.69) is 10.3 Å². The predicted octanol–water partition coefficient (Wildman–Crippen LogP) is 2.84. The van der Waals surface area contributed by atoms with Crippen LogP contribution in [0.2, 0.25) is 5.02 Å². The van der Waals surface area contributed by atoms with Crippen molar-refractivity contribution in [3.8, 4) is 5.75 Å². The minimum absolute atomic E-state index is 0.213. The van der Waals surface area contributed by atoms with Gasteiger partial charge in [0.25, 0.3) is 0 Å². The molecule has 1 aliphatic heterocycles. The third kappa shape index (κ3) is 4.19. The number of aromatic nitrogens is 1. The molecule has 1 saturated heterocycles. The number of nitrogens with zero attached hydrogens (tertiary/aromatic N) is 1. The molecule has 0 bridgehead atoms. The van der Waals surface area contributed by atoms with Crippen LogP contribution in [0.25, 0.3) is 0 Å². The van der Waals surface area contributed by atoms with E-state index in [1.165, 1.54) is 0 Å². The summed E-state index contributed by atoms with van der Waals surface area (Å²) >= 11 is 6.31. The second kappa shape index (κ2) is 7.58. The molecular weight excluding hydrogens is 300 g/mol. The van der Waals surface area contributed by atoms with Crippen LogP contribution < -0.4 is 10.1 Å². The van der Waals surface area contributed by atoms with Crippen molar-refractivity contribution in [1.29, 1.82) is 0 Å². The summed E-state index contributed by atoms with van der Waals surface area (Å²) < 4.78 is 11.4. The van der Waals surface area contributed by atoms with Gasteiger partial charge in [0.1, 0.15) is 12.4 Å². The predicted molar refractivity (Wildman–Crippen MR) is 86.3 cm³/mol. The van der Waals surface area contributed by atoms with Gasteiger partial charge in [0.05, 0.1) is 23.4 Å². The van der Waals surface area contributed by atoms with Crippen molar-refractivity contribution in [1.82, 2.24) is 10.3 Å². The zero-order chi connectivity index (χ0) is 15.2. The Hall–Kier alpha value is -1.62. The van der Waals surface area contributed by atoms with E-state index < -0.39 is 0 Å². The molecule has 1 aliphatic rings. The van der Waals surface area contributed by atoms with Crippen LogP contribution in [-0.2, 0) is 17.8 Å². The van der Waals surface area contributed by atoms with Crippen LogP contribution in [-0.4, -0.2) is 30.8 Å².